The maximum absolute atomic E-state index is 10.7. The van der Waals surface area contributed by atoms with Gasteiger partial charge in [0.05, 0.1) is 17.6 Å². The van der Waals surface area contributed by atoms with Gasteiger partial charge in [0.1, 0.15) is 11.9 Å². The molecule has 1 unspecified atom stereocenters. The largest absolute Gasteiger partial charge is 0.488 e. The third kappa shape index (κ3) is 3.42. The maximum atomic E-state index is 10.7. The Morgan fingerprint density at radius 1 is 1.58 bits per heavy atom. The van der Waals surface area contributed by atoms with Gasteiger partial charge in [0.25, 0.3) is 5.69 Å². The molecule has 1 aliphatic heterocycles. The van der Waals surface area contributed by atoms with E-state index < -0.39 is 11.0 Å². The minimum atomic E-state index is -0.820. The van der Waals surface area contributed by atoms with Gasteiger partial charge in [-0.2, -0.15) is 0 Å². The van der Waals surface area contributed by atoms with Gasteiger partial charge >= 0.3 is 0 Å². The molecule has 0 aliphatic carbocycles. The fourth-order valence-electron chi connectivity index (χ4n) is 2.07. The highest BCUT2D eigenvalue weighted by Gasteiger charge is 2.20. The predicted molar refractivity (Wildman–Crippen MR) is 68.2 cm³/mol. The Balaban J connectivity index is 2.20. The van der Waals surface area contributed by atoms with Crippen LogP contribution in [0.1, 0.15) is 31.4 Å². The SMILES string of the molecule is C[C@H](O)c1cc([N+](=O)[O-])ccc1OC1CCCOC1. The topological polar surface area (TPSA) is 81.8 Å². The molecule has 0 aromatic heterocycles. The summed E-state index contributed by atoms with van der Waals surface area (Å²) in [7, 11) is 0. The molecule has 1 aromatic carbocycles. The third-order valence-electron chi connectivity index (χ3n) is 3.07. The van der Waals surface area contributed by atoms with Gasteiger partial charge in [-0.1, -0.05) is 0 Å². The number of nitro benzene ring substituents is 1. The second kappa shape index (κ2) is 5.99. The summed E-state index contributed by atoms with van der Waals surface area (Å²) < 4.78 is 11.1. The number of non-ortho nitro benzene ring substituents is 1. The zero-order valence-corrected chi connectivity index (χ0v) is 10.7. The highest BCUT2D eigenvalue weighted by Crippen LogP contribution is 2.30. The smallest absolute Gasteiger partial charge is 0.270 e. The van der Waals surface area contributed by atoms with Crippen LogP contribution in [0.5, 0.6) is 5.75 Å². The zero-order chi connectivity index (χ0) is 13.8. The first-order chi connectivity index (χ1) is 9.08. The summed E-state index contributed by atoms with van der Waals surface area (Å²) in [5.74, 6) is 0.483. The lowest BCUT2D eigenvalue weighted by atomic mass is 10.1. The minimum absolute atomic E-state index is 0.0526. The van der Waals surface area contributed by atoms with E-state index in [0.29, 0.717) is 17.9 Å². The Labute approximate surface area is 111 Å². The van der Waals surface area contributed by atoms with Crippen LogP contribution >= 0.6 is 0 Å². The number of ether oxygens (including phenoxy) is 2. The summed E-state index contributed by atoms with van der Waals surface area (Å²) in [5, 5.41) is 20.4. The van der Waals surface area contributed by atoms with E-state index >= 15 is 0 Å². The van der Waals surface area contributed by atoms with Crippen LogP contribution in [-0.2, 0) is 4.74 Å². The number of benzene rings is 1. The molecule has 1 heterocycles. The van der Waals surface area contributed by atoms with Gasteiger partial charge in [-0.15, -0.1) is 0 Å². The highest BCUT2D eigenvalue weighted by atomic mass is 16.6. The third-order valence-corrected chi connectivity index (χ3v) is 3.07. The number of nitrogens with zero attached hydrogens (tertiary/aromatic N) is 1. The molecule has 0 radical (unpaired) electrons. The molecule has 0 saturated carbocycles. The van der Waals surface area contributed by atoms with Gasteiger partial charge in [0, 0.05) is 24.3 Å². The molecule has 0 bridgehead atoms. The molecular weight excluding hydrogens is 250 g/mol. The van der Waals surface area contributed by atoms with Crippen molar-refractivity contribution in [2.75, 3.05) is 13.2 Å². The number of nitro groups is 1. The number of aliphatic hydroxyl groups is 1. The number of aliphatic hydroxyl groups excluding tert-OH is 1. The Hall–Kier alpha value is -1.66. The van der Waals surface area contributed by atoms with Gasteiger partial charge in [0.15, 0.2) is 0 Å². The first-order valence-corrected chi connectivity index (χ1v) is 6.28. The van der Waals surface area contributed by atoms with Crippen LogP contribution in [0.3, 0.4) is 0 Å². The molecule has 104 valence electrons. The molecule has 0 amide bonds. The molecule has 0 spiro atoms. The van der Waals surface area contributed by atoms with Crippen molar-refractivity contribution in [2.45, 2.75) is 32.0 Å². The Bertz CT molecular complexity index is 454. The van der Waals surface area contributed by atoms with Gasteiger partial charge in [-0.3, -0.25) is 10.1 Å². The van der Waals surface area contributed by atoms with Gasteiger partial charge in [-0.25, -0.2) is 0 Å². The molecule has 1 N–H and O–H groups in total. The standard InChI is InChI=1S/C13H17NO5/c1-9(15)12-7-10(14(16)17)4-5-13(12)19-11-3-2-6-18-8-11/h4-5,7,9,11,15H,2-3,6,8H2,1H3/t9-,11?/m0/s1. The van der Waals surface area contributed by atoms with Crippen molar-refractivity contribution >= 4 is 5.69 Å². The molecule has 1 aliphatic rings. The van der Waals surface area contributed by atoms with E-state index in [0.717, 1.165) is 19.4 Å². The molecular formula is C13H17NO5. The van der Waals surface area contributed by atoms with Gasteiger partial charge in [-0.05, 0) is 25.8 Å². The molecule has 6 nitrogen and oxygen atoms in total. The second-order valence-electron chi connectivity index (χ2n) is 4.61. The lowest BCUT2D eigenvalue weighted by molar-refractivity contribution is -0.385. The van der Waals surface area contributed by atoms with Crippen LogP contribution in [0.15, 0.2) is 18.2 Å². The quantitative estimate of drug-likeness (QED) is 0.668. The van der Waals surface area contributed by atoms with Crippen LogP contribution in [0.25, 0.3) is 0 Å². The van der Waals surface area contributed by atoms with E-state index in [1.807, 2.05) is 0 Å². The van der Waals surface area contributed by atoms with Crippen molar-refractivity contribution in [1.82, 2.24) is 0 Å². The first-order valence-electron chi connectivity index (χ1n) is 6.28. The summed E-state index contributed by atoms with van der Waals surface area (Å²) in [6.45, 7) is 2.81. The van der Waals surface area contributed by atoms with E-state index in [1.54, 1.807) is 6.92 Å². The summed E-state index contributed by atoms with van der Waals surface area (Å²) in [6, 6.07) is 4.27. The Kier molecular flexibility index (Phi) is 4.34. The minimum Gasteiger partial charge on any atom is -0.488 e. The van der Waals surface area contributed by atoms with Crippen molar-refractivity contribution in [3.8, 4) is 5.75 Å². The predicted octanol–water partition coefficient (Wildman–Crippen LogP) is 2.21. The van der Waals surface area contributed by atoms with Crippen LogP contribution in [0.2, 0.25) is 0 Å². The molecule has 1 aromatic rings. The molecule has 1 saturated heterocycles. The summed E-state index contributed by atoms with van der Waals surface area (Å²) in [4.78, 5) is 10.3. The van der Waals surface area contributed by atoms with Crippen molar-refractivity contribution in [2.24, 2.45) is 0 Å². The van der Waals surface area contributed by atoms with E-state index in [4.69, 9.17) is 9.47 Å². The second-order valence-corrected chi connectivity index (χ2v) is 4.61. The Morgan fingerprint density at radius 2 is 2.37 bits per heavy atom. The van der Waals surface area contributed by atoms with Crippen LogP contribution < -0.4 is 4.74 Å². The highest BCUT2D eigenvalue weighted by molar-refractivity contribution is 5.44. The molecule has 6 heteroatoms. The average Bonchev–Trinajstić information content (AvgIpc) is 2.39. The molecule has 2 rings (SSSR count). The van der Waals surface area contributed by atoms with Crippen LogP contribution in [0, 0.1) is 10.1 Å². The number of hydrogen-bond acceptors (Lipinski definition) is 5. The molecule has 19 heavy (non-hydrogen) atoms. The number of rotatable bonds is 4. The van der Waals surface area contributed by atoms with E-state index in [-0.39, 0.29) is 11.8 Å². The lowest BCUT2D eigenvalue weighted by Crippen LogP contribution is -2.28. The van der Waals surface area contributed by atoms with E-state index in [2.05, 4.69) is 0 Å². The van der Waals surface area contributed by atoms with Crippen molar-refractivity contribution in [3.63, 3.8) is 0 Å². The van der Waals surface area contributed by atoms with Gasteiger partial charge in [0.2, 0.25) is 0 Å². The average molecular weight is 267 g/mol. The maximum Gasteiger partial charge on any atom is 0.270 e. The normalized spacial score (nSPS) is 20.8. The monoisotopic (exact) mass is 267 g/mol. The number of hydrogen-bond donors (Lipinski definition) is 1. The first kappa shape index (κ1) is 13.8. The summed E-state index contributed by atoms with van der Waals surface area (Å²) in [5.41, 5.74) is 0.378. The van der Waals surface area contributed by atoms with Crippen LogP contribution in [-0.4, -0.2) is 29.3 Å². The fraction of sp³-hybridized carbons (Fsp3) is 0.538. The van der Waals surface area contributed by atoms with Crippen molar-refractivity contribution in [1.29, 1.82) is 0 Å². The zero-order valence-electron chi connectivity index (χ0n) is 10.7. The van der Waals surface area contributed by atoms with Crippen molar-refractivity contribution in [3.05, 3.63) is 33.9 Å². The lowest BCUT2D eigenvalue weighted by Gasteiger charge is -2.24. The summed E-state index contributed by atoms with van der Waals surface area (Å²) >= 11 is 0. The Morgan fingerprint density at radius 3 is 2.95 bits per heavy atom. The van der Waals surface area contributed by atoms with Gasteiger partial charge < -0.3 is 14.6 Å². The van der Waals surface area contributed by atoms with Crippen LogP contribution in [0.4, 0.5) is 5.69 Å². The van der Waals surface area contributed by atoms with Crippen molar-refractivity contribution < 1.29 is 19.5 Å². The fourth-order valence-corrected chi connectivity index (χ4v) is 2.07. The molecule has 2 atom stereocenters. The summed E-state index contributed by atoms with van der Waals surface area (Å²) in [6.07, 6.45) is 0.935. The van der Waals surface area contributed by atoms with E-state index in [9.17, 15) is 15.2 Å². The van der Waals surface area contributed by atoms with E-state index in [1.165, 1.54) is 18.2 Å². The molecule has 1 fully saturated rings.